The molecule has 1 aromatic rings. The molecule has 4 aliphatic rings. The number of halogens is 1. The third-order valence-electron chi connectivity index (χ3n) is 6.24. The maximum Gasteiger partial charge on any atom is 0.405 e. The molecule has 0 saturated heterocycles. The van der Waals surface area contributed by atoms with Crippen LogP contribution in [0.4, 0.5) is 4.79 Å². The molecule has 28 heavy (non-hydrogen) atoms. The summed E-state index contributed by atoms with van der Waals surface area (Å²) < 4.78 is 5.72. The summed E-state index contributed by atoms with van der Waals surface area (Å²) in [5, 5.41) is 25.4. The zero-order chi connectivity index (χ0) is 20.1. The van der Waals surface area contributed by atoms with Gasteiger partial charge in [0.25, 0.3) is 5.91 Å². The summed E-state index contributed by atoms with van der Waals surface area (Å²) in [6.07, 6.45) is -0.855. The number of aliphatic hydroxyl groups is 1. The summed E-state index contributed by atoms with van der Waals surface area (Å²) >= 11 is 5.92. The van der Waals surface area contributed by atoms with Crippen LogP contribution < -0.4 is 15.4 Å². The van der Waals surface area contributed by atoms with Gasteiger partial charge in [0.2, 0.25) is 0 Å². The molecular formula is C19H21ClN2O6. The second kappa shape index (κ2) is 6.63. The molecule has 2 unspecified atom stereocenters. The van der Waals surface area contributed by atoms with E-state index in [1.807, 2.05) is 0 Å². The van der Waals surface area contributed by atoms with E-state index >= 15 is 0 Å². The molecule has 3 saturated carbocycles. The molecule has 8 nitrogen and oxygen atoms in total. The molecule has 3 aliphatic carbocycles. The van der Waals surface area contributed by atoms with Crippen molar-refractivity contribution in [3.63, 3.8) is 0 Å². The van der Waals surface area contributed by atoms with Gasteiger partial charge in [-0.3, -0.25) is 9.59 Å². The molecule has 3 fully saturated rings. The van der Waals surface area contributed by atoms with E-state index in [4.69, 9.17) is 21.4 Å². The Hall–Kier alpha value is -2.32. The van der Waals surface area contributed by atoms with Crippen LogP contribution in [0.25, 0.3) is 0 Å². The number of carboxylic acid groups (broad SMARTS) is 1. The molecule has 1 aromatic carbocycles. The summed E-state index contributed by atoms with van der Waals surface area (Å²) in [7, 11) is 0. The molecule has 2 atom stereocenters. The van der Waals surface area contributed by atoms with Gasteiger partial charge in [0.1, 0.15) is 5.75 Å². The molecule has 1 aliphatic heterocycles. The van der Waals surface area contributed by atoms with Crippen molar-refractivity contribution in [2.75, 3.05) is 0 Å². The Morgan fingerprint density at radius 2 is 1.89 bits per heavy atom. The van der Waals surface area contributed by atoms with E-state index in [1.165, 1.54) is 6.07 Å². The quantitative estimate of drug-likeness (QED) is 0.605. The van der Waals surface area contributed by atoms with Crippen LogP contribution in [-0.4, -0.2) is 51.3 Å². The fraction of sp³-hybridized carbons (Fsp3) is 0.526. The number of hydrogen-bond acceptors (Lipinski definition) is 5. The van der Waals surface area contributed by atoms with Gasteiger partial charge in [-0.2, -0.15) is 0 Å². The van der Waals surface area contributed by atoms with Crippen LogP contribution >= 0.6 is 11.6 Å². The summed E-state index contributed by atoms with van der Waals surface area (Å²) in [5.74, 6) is -0.282. The van der Waals surface area contributed by atoms with Crippen LogP contribution in [0.5, 0.6) is 5.75 Å². The number of ether oxygens (including phenoxy) is 1. The molecule has 5 rings (SSSR count). The van der Waals surface area contributed by atoms with Crippen molar-refractivity contribution in [2.24, 2.45) is 0 Å². The van der Waals surface area contributed by atoms with Crippen molar-refractivity contribution < 1.29 is 29.3 Å². The maximum atomic E-state index is 12.8. The first kappa shape index (κ1) is 19.0. The first-order valence-corrected chi connectivity index (χ1v) is 9.60. The maximum absolute atomic E-state index is 12.8. The zero-order valence-electron chi connectivity index (χ0n) is 15.0. The Balaban J connectivity index is 1.46. The number of Topliss-reactive ketones (excluding diaryl/α,β-unsaturated/α-hetero) is 1. The number of ketones is 1. The lowest BCUT2D eigenvalue weighted by Crippen LogP contribution is -2.70. The van der Waals surface area contributed by atoms with Crippen molar-refractivity contribution >= 4 is 29.4 Å². The highest BCUT2D eigenvalue weighted by atomic mass is 35.5. The number of hydrogen-bond donors (Lipinski definition) is 4. The zero-order valence-corrected chi connectivity index (χ0v) is 15.8. The minimum atomic E-state index is -1.16. The van der Waals surface area contributed by atoms with Crippen molar-refractivity contribution in [1.29, 1.82) is 0 Å². The average molecular weight is 409 g/mol. The number of fused-ring (bicyclic) bond motifs is 4. The lowest BCUT2D eigenvalue weighted by Gasteiger charge is -2.56. The van der Waals surface area contributed by atoms with Gasteiger partial charge in [-0.1, -0.05) is 11.6 Å². The minimum absolute atomic E-state index is 0.0810. The van der Waals surface area contributed by atoms with Gasteiger partial charge in [-0.25, -0.2) is 4.79 Å². The summed E-state index contributed by atoms with van der Waals surface area (Å²) in [5.41, 5.74) is -1.11. The normalized spacial score (nSPS) is 33.6. The second-order valence-corrected chi connectivity index (χ2v) is 8.39. The standard InChI is InChI=1S/C19H21ClN2O6/c20-10-1-2-13-11(7-10)12(23)8-14(28-13)16(25)21-18-3-5-19(6-4-18,15(24)9-18)22-17(26)27/h1-2,7,14-15,22,24H,3-6,8-9H2,(H,21,25)(H,26,27). The number of carbonyl (C=O) groups is 3. The Labute approximate surface area is 166 Å². The van der Waals surface area contributed by atoms with Crippen molar-refractivity contribution in [3.05, 3.63) is 28.8 Å². The fourth-order valence-electron chi connectivity index (χ4n) is 4.66. The van der Waals surface area contributed by atoms with Gasteiger partial charge in [-0.15, -0.1) is 0 Å². The molecule has 9 heteroatoms. The van der Waals surface area contributed by atoms with E-state index in [9.17, 15) is 19.5 Å². The van der Waals surface area contributed by atoms with Crippen LogP contribution in [0.1, 0.15) is 48.9 Å². The van der Waals surface area contributed by atoms with E-state index < -0.39 is 35.3 Å². The van der Waals surface area contributed by atoms with Gasteiger partial charge in [0, 0.05) is 10.6 Å². The first-order valence-electron chi connectivity index (χ1n) is 9.23. The predicted octanol–water partition coefficient (Wildman–Crippen LogP) is 1.87. The van der Waals surface area contributed by atoms with Gasteiger partial charge >= 0.3 is 6.09 Å². The molecule has 0 aromatic heterocycles. The summed E-state index contributed by atoms with van der Waals surface area (Å²) in [6.45, 7) is 0. The smallest absolute Gasteiger partial charge is 0.405 e. The topological polar surface area (TPSA) is 125 Å². The van der Waals surface area contributed by atoms with E-state index in [0.29, 0.717) is 42.0 Å². The van der Waals surface area contributed by atoms with Crippen LogP contribution in [0.2, 0.25) is 5.02 Å². The van der Waals surface area contributed by atoms with E-state index in [-0.39, 0.29) is 18.6 Å². The van der Waals surface area contributed by atoms with Crippen LogP contribution in [0.3, 0.4) is 0 Å². The third kappa shape index (κ3) is 3.20. The lowest BCUT2D eigenvalue weighted by atomic mass is 9.60. The van der Waals surface area contributed by atoms with E-state index in [2.05, 4.69) is 10.6 Å². The Morgan fingerprint density at radius 1 is 1.18 bits per heavy atom. The van der Waals surface area contributed by atoms with E-state index in [1.54, 1.807) is 12.1 Å². The number of amides is 2. The second-order valence-electron chi connectivity index (χ2n) is 7.95. The Bertz CT molecular complexity index is 849. The average Bonchev–Trinajstić information content (AvgIpc) is 2.63. The third-order valence-corrected chi connectivity index (χ3v) is 6.48. The highest BCUT2D eigenvalue weighted by Crippen LogP contribution is 2.47. The van der Waals surface area contributed by atoms with Crippen molar-refractivity contribution in [3.8, 4) is 5.75 Å². The van der Waals surface area contributed by atoms with Crippen LogP contribution in [-0.2, 0) is 4.79 Å². The van der Waals surface area contributed by atoms with Crippen molar-refractivity contribution in [1.82, 2.24) is 10.6 Å². The molecule has 4 N–H and O–H groups in total. The highest BCUT2D eigenvalue weighted by Gasteiger charge is 2.56. The molecular weight excluding hydrogens is 388 g/mol. The molecule has 2 amide bonds. The molecule has 2 bridgehead atoms. The molecule has 150 valence electrons. The number of rotatable bonds is 3. The molecule has 1 heterocycles. The Morgan fingerprint density at radius 3 is 2.54 bits per heavy atom. The minimum Gasteiger partial charge on any atom is -0.479 e. The highest BCUT2D eigenvalue weighted by molar-refractivity contribution is 6.31. The van der Waals surface area contributed by atoms with Gasteiger partial charge in [0.05, 0.1) is 23.6 Å². The molecule has 0 spiro atoms. The lowest BCUT2D eigenvalue weighted by molar-refractivity contribution is -0.134. The van der Waals surface area contributed by atoms with Gasteiger partial charge < -0.3 is 25.6 Å². The summed E-state index contributed by atoms with van der Waals surface area (Å²) in [4.78, 5) is 36.3. The summed E-state index contributed by atoms with van der Waals surface area (Å²) in [6, 6.07) is 4.70. The largest absolute Gasteiger partial charge is 0.479 e. The first-order chi connectivity index (χ1) is 13.2. The monoisotopic (exact) mass is 408 g/mol. The fourth-order valence-corrected chi connectivity index (χ4v) is 4.83. The number of carbonyl (C=O) groups excluding carboxylic acids is 2. The van der Waals surface area contributed by atoms with Crippen LogP contribution in [0.15, 0.2) is 18.2 Å². The molecule has 0 radical (unpaired) electrons. The van der Waals surface area contributed by atoms with Crippen LogP contribution in [0, 0.1) is 0 Å². The number of aliphatic hydroxyl groups excluding tert-OH is 1. The SMILES string of the molecule is O=C(O)NC12CCC(NC(=O)C3CC(=O)c4cc(Cl)ccc4O3)(CC1)CC2O. The number of nitrogens with one attached hydrogen (secondary N) is 2. The van der Waals surface area contributed by atoms with Gasteiger partial charge in [-0.05, 0) is 50.3 Å². The predicted molar refractivity (Wildman–Crippen MR) is 98.7 cm³/mol. The number of benzene rings is 1. The van der Waals surface area contributed by atoms with Gasteiger partial charge in [0.15, 0.2) is 11.9 Å². The van der Waals surface area contributed by atoms with Crippen molar-refractivity contribution in [2.45, 2.75) is 61.8 Å². The Kier molecular flexibility index (Phi) is 4.50. The van der Waals surface area contributed by atoms with E-state index in [0.717, 1.165) is 0 Å².